The van der Waals surface area contributed by atoms with Crippen molar-refractivity contribution < 1.29 is 0 Å². The molecular formula is C27H28. The third-order valence-electron chi connectivity index (χ3n) is 6.37. The highest BCUT2D eigenvalue weighted by Crippen LogP contribution is 2.53. The zero-order chi connectivity index (χ0) is 19.2. The normalized spacial score (nSPS) is 21.2. The van der Waals surface area contributed by atoms with Crippen LogP contribution in [0.5, 0.6) is 0 Å². The van der Waals surface area contributed by atoms with Crippen LogP contribution in [0.4, 0.5) is 0 Å². The molecule has 2 aromatic rings. The maximum Gasteiger partial charge on any atom is 0.0548 e. The molecule has 0 spiro atoms. The first-order valence-corrected chi connectivity index (χ1v) is 9.84. The van der Waals surface area contributed by atoms with Crippen LogP contribution in [0.15, 0.2) is 101 Å². The molecule has 0 saturated heterocycles. The van der Waals surface area contributed by atoms with E-state index in [-0.39, 0.29) is 5.41 Å². The van der Waals surface area contributed by atoms with Crippen LogP contribution in [0, 0.1) is 6.92 Å². The molecule has 27 heavy (non-hydrogen) atoms. The summed E-state index contributed by atoms with van der Waals surface area (Å²) in [6.45, 7) is 11.2. The van der Waals surface area contributed by atoms with Crippen LogP contribution in [0.3, 0.4) is 0 Å². The second-order valence-electron chi connectivity index (χ2n) is 8.17. The molecular weight excluding hydrogens is 324 g/mol. The Balaban J connectivity index is 1.95. The molecule has 0 amide bonds. The summed E-state index contributed by atoms with van der Waals surface area (Å²) in [5.74, 6) is 0.317. The van der Waals surface area contributed by atoms with Crippen molar-refractivity contribution in [1.29, 1.82) is 0 Å². The molecule has 0 bridgehead atoms. The minimum atomic E-state index is -0.163. The molecule has 0 nitrogen and oxygen atoms in total. The first-order valence-electron chi connectivity index (χ1n) is 9.84. The van der Waals surface area contributed by atoms with Gasteiger partial charge in [0, 0.05) is 5.92 Å². The SMILES string of the molecule is CC1=CC(C2=C(C)C(C)=CC2c2ccc(C)cc2)(c2ccccc2)C=C1C. The summed E-state index contributed by atoms with van der Waals surface area (Å²) in [6, 6.07) is 20.0. The maximum atomic E-state index is 2.48. The quantitative estimate of drug-likeness (QED) is 0.548. The fourth-order valence-corrected chi connectivity index (χ4v) is 4.65. The van der Waals surface area contributed by atoms with Crippen LogP contribution >= 0.6 is 0 Å². The van der Waals surface area contributed by atoms with Gasteiger partial charge in [-0.1, -0.05) is 95.1 Å². The molecule has 0 heterocycles. The van der Waals surface area contributed by atoms with E-state index in [2.05, 4.69) is 107 Å². The van der Waals surface area contributed by atoms with E-state index < -0.39 is 0 Å². The Morgan fingerprint density at radius 1 is 0.667 bits per heavy atom. The van der Waals surface area contributed by atoms with Gasteiger partial charge in [0.05, 0.1) is 5.41 Å². The molecule has 1 atom stereocenters. The predicted molar refractivity (Wildman–Crippen MR) is 116 cm³/mol. The summed E-state index contributed by atoms with van der Waals surface area (Å²) in [7, 11) is 0. The van der Waals surface area contributed by atoms with Gasteiger partial charge in [0.25, 0.3) is 0 Å². The van der Waals surface area contributed by atoms with Gasteiger partial charge in [-0.05, 0) is 56.9 Å². The van der Waals surface area contributed by atoms with Crippen molar-refractivity contribution in [1.82, 2.24) is 0 Å². The standard InChI is InChI=1S/C27H28/c1-18-11-13-23(14-12-18)25-15-19(2)22(5)26(25)27(16-20(3)21(4)17-27)24-9-7-6-8-10-24/h6-17,25H,1-5H3. The maximum absolute atomic E-state index is 2.48. The molecule has 2 aromatic carbocycles. The fraction of sp³-hybridized carbons (Fsp3) is 0.259. The Morgan fingerprint density at radius 3 is 1.85 bits per heavy atom. The van der Waals surface area contributed by atoms with Gasteiger partial charge in [-0.2, -0.15) is 0 Å². The van der Waals surface area contributed by atoms with Crippen LogP contribution in [0.1, 0.15) is 50.3 Å². The summed E-state index contributed by atoms with van der Waals surface area (Å²) in [5.41, 5.74) is 11.0. The second-order valence-corrected chi connectivity index (χ2v) is 8.17. The Bertz CT molecular complexity index is 974. The average molecular weight is 353 g/mol. The van der Waals surface area contributed by atoms with Gasteiger partial charge >= 0.3 is 0 Å². The Kier molecular flexibility index (Phi) is 4.30. The average Bonchev–Trinajstić information content (AvgIpc) is 3.14. The van der Waals surface area contributed by atoms with Crippen molar-refractivity contribution in [2.45, 2.75) is 46.0 Å². The number of rotatable bonds is 3. The van der Waals surface area contributed by atoms with Crippen LogP contribution in [-0.2, 0) is 5.41 Å². The van der Waals surface area contributed by atoms with E-state index in [9.17, 15) is 0 Å². The van der Waals surface area contributed by atoms with Crippen LogP contribution in [0.2, 0.25) is 0 Å². The van der Waals surface area contributed by atoms with Gasteiger partial charge in [0.2, 0.25) is 0 Å². The van der Waals surface area contributed by atoms with E-state index in [4.69, 9.17) is 0 Å². The molecule has 4 rings (SSSR count). The van der Waals surface area contributed by atoms with Gasteiger partial charge in [-0.15, -0.1) is 0 Å². The lowest BCUT2D eigenvalue weighted by Crippen LogP contribution is -2.26. The molecule has 1 unspecified atom stereocenters. The van der Waals surface area contributed by atoms with Crippen LogP contribution < -0.4 is 0 Å². The molecule has 0 N–H and O–H groups in total. The number of allylic oxidation sites excluding steroid dienone is 8. The van der Waals surface area contributed by atoms with Crippen molar-refractivity contribution in [3.63, 3.8) is 0 Å². The third-order valence-corrected chi connectivity index (χ3v) is 6.37. The molecule has 0 radical (unpaired) electrons. The lowest BCUT2D eigenvalue weighted by molar-refractivity contribution is 0.732. The number of hydrogen-bond donors (Lipinski definition) is 0. The Hall–Kier alpha value is -2.60. The number of benzene rings is 2. The molecule has 2 aliphatic rings. The van der Waals surface area contributed by atoms with E-state index in [1.165, 1.54) is 44.6 Å². The molecule has 0 aliphatic heterocycles. The number of hydrogen-bond acceptors (Lipinski definition) is 0. The van der Waals surface area contributed by atoms with E-state index in [0.29, 0.717) is 5.92 Å². The van der Waals surface area contributed by atoms with E-state index >= 15 is 0 Å². The lowest BCUT2D eigenvalue weighted by Gasteiger charge is -2.33. The van der Waals surface area contributed by atoms with Gasteiger partial charge in [0.15, 0.2) is 0 Å². The summed E-state index contributed by atoms with van der Waals surface area (Å²) < 4.78 is 0. The predicted octanol–water partition coefficient (Wildman–Crippen LogP) is 7.20. The van der Waals surface area contributed by atoms with E-state index in [0.717, 1.165) is 0 Å². The molecule has 2 aliphatic carbocycles. The second kappa shape index (κ2) is 6.53. The summed E-state index contributed by atoms with van der Waals surface area (Å²) in [5, 5.41) is 0. The van der Waals surface area contributed by atoms with Gasteiger partial charge < -0.3 is 0 Å². The van der Waals surface area contributed by atoms with Crippen molar-refractivity contribution >= 4 is 0 Å². The fourth-order valence-electron chi connectivity index (χ4n) is 4.65. The van der Waals surface area contributed by atoms with Crippen LogP contribution in [0.25, 0.3) is 0 Å². The smallest absolute Gasteiger partial charge is 0.0548 e. The highest BCUT2D eigenvalue weighted by Gasteiger charge is 2.42. The highest BCUT2D eigenvalue weighted by atomic mass is 14.4. The molecule has 0 fully saturated rings. The van der Waals surface area contributed by atoms with Crippen LogP contribution in [-0.4, -0.2) is 0 Å². The zero-order valence-corrected chi connectivity index (χ0v) is 17.0. The number of aryl methyl sites for hydroxylation is 1. The monoisotopic (exact) mass is 352 g/mol. The molecule has 0 saturated carbocycles. The minimum absolute atomic E-state index is 0.163. The first-order chi connectivity index (χ1) is 12.9. The first kappa shape index (κ1) is 17.8. The summed E-state index contributed by atoms with van der Waals surface area (Å²) >= 11 is 0. The van der Waals surface area contributed by atoms with Crippen molar-refractivity contribution in [2.24, 2.45) is 0 Å². The summed E-state index contributed by atoms with van der Waals surface area (Å²) in [4.78, 5) is 0. The highest BCUT2D eigenvalue weighted by molar-refractivity contribution is 5.65. The topological polar surface area (TPSA) is 0 Å². The van der Waals surface area contributed by atoms with Gasteiger partial charge in [-0.25, -0.2) is 0 Å². The Labute approximate surface area is 163 Å². The largest absolute Gasteiger partial charge is 0.0697 e. The summed E-state index contributed by atoms with van der Waals surface area (Å²) in [6.07, 6.45) is 7.40. The van der Waals surface area contributed by atoms with Crippen molar-refractivity contribution in [3.05, 3.63) is 117 Å². The molecule has 0 aromatic heterocycles. The van der Waals surface area contributed by atoms with Gasteiger partial charge in [-0.3, -0.25) is 0 Å². The molecule has 136 valence electrons. The van der Waals surface area contributed by atoms with E-state index in [1.807, 2.05) is 0 Å². The lowest BCUT2D eigenvalue weighted by atomic mass is 9.69. The minimum Gasteiger partial charge on any atom is -0.0697 e. The zero-order valence-electron chi connectivity index (χ0n) is 17.0. The van der Waals surface area contributed by atoms with Crippen molar-refractivity contribution in [3.8, 4) is 0 Å². The van der Waals surface area contributed by atoms with Crippen molar-refractivity contribution in [2.75, 3.05) is 0 Å². The van der Waals surface area contributed by atoms with Gasteiger partial charge in [0.1, 0.15) is 0 Å². The molecule has 0 heteroatoms. The van der Waals surface area contributed by atoms with E-state index in [1.54, 1.807) is 0 Å². The Morgan fingerprint density at radius 2 is 1.26 bits per heavy atom. The third kappa shape index (κ3) is 2.84.